The first kappa shape index (κ1) is 18.1. The van der Waals surface area contributed by atoms with Gasteiger partial charge < -0.3 is 0 Å². The molecule has 0 radical (unpaired) electrons. The number of carbonyl (C=O) groups excluding carboxylic acids is 1. The van der Waals surface area contributed by atoms with Crippen molar-refractivity contribution in [3.8, 4) is 0 Å². The predicted octanol–water partition coefficient (Wildman–Crippen LogP) is 2.66. The van der Waals surface area contributed by atoms with Crippen molar-refractivity contribution in [3.63, 3.8) is 0 Å². The van der Waals surface area contributed by atoms with Crippen molar-refractivity contribution < 1.29 is 13.2 Å². The predicted molar refractivity (Wildman–Crippen MR) is 88.1 cm³/mol. The van der Waals surface area contributed by atoms with Crippen LogP contribution >= 0.6 is 15.9 Å². The third-order valence-corrected chi connectivity index (χ3v) is 5.29. The lowest BCUT2D eigenvalue weighted by atomic mass is 10.3. The fraction of sp³-hybridized carbons (Fsp3) is 0.571. The van der Waals surface area contributed by atoms with Crippen molar-refractivity contribution >= 4 is 37.5 Å². The van der Waals surface area contributed by atoms with Crippen LogP contribution in [-0.2, 0) is 14.6 Å². The Morgan fingerprint density at radius 1 is 1.38 bits per heavy atom. The number of rotatable bonds is 7. The van der Waals surface area contributed by atoms with Crippen LogP contribution in [0.5, 0.6) is 0 Å². The van der Waals surface area contributed by atoms with Crippen molar-refractivity contribution in [2.24, 2.45) is 5.92 Å². The van der Waals surface area contributed by atoms with Gasteiger partial charge in [0, 0.05) is 23.6 Å². The maximum absolute atomic E-state index is 12.2. The average Bonchev–Trinajstić information content (AvgIpc) is 2.38. The van der Waals surface area contributed by atoms with Gasteiger partial charge in [-0.15, -0.1) is 0 Å². The summed E-state index contributed by atoms with van der Waals surface area (Å²) in [5.74, 6) is 0.382. The minimum atomic E-state index is -3.18. The smallest absolute Gasteiger partial charge is 0.229 e. The third kappa shape index (κ3) is 6.13. The monoisotopic (exact) mass is 376 g/mol. The maximum atomic E-state index is 12.2. The standard InChI is InChI=1S/C14H21BrN2O3S/c1-4-17(13-6-5-12(15)9-16-13)14(18)7-8-21(19,20)10-11(2)3/h5-6,9,11H,4,7-8,10H2,1-3H3. The highest BCUT2D eigenvalue weighted by Crippen LogP contribution is 2.16. The van der Waals surface area contributed by atoms with Crippen LogP contribution in [0, 0.1) is 5.92 Å². The Labute approximate surface area is 134 Å². The quantitative estimate of drug-likeness (QED) is 0.733. The highest BCUT2D eigenvalue weighted by molar-refractivity contribution is 9.10. The van der Waals surface area contributed by atoms with Gasteiger partial charge in [0.25, 0.3) is 0 Å². The van der Waals surface area contributed by atoms with E-state index in [1.807, 2.05) is 20.8 Å². The van der Waals surface area contributed by atoms with Crippen molar-refractivity contribution in [1.29, 1.82) is 0 Å². The Bertz CT molecular complexity index is 570. The Kier molecular flexibility index (Phi) is 6.80. The van der Waals surface area contributed by atoms with E-state index in [0.29, 0.717) is 12.4 Å². The summed E-state index contributed by atoms with van der Waals surface area (Å²) < 4.78 is 24.5. The fourth-order valence-electron chi connectivity index (χ4n) is 1.96. The molecule has 21 heavy (non-hydrogen) atoms. The summed E-state index contributed by atoms with van der Waals surface area (Å²) in [5.41, 5.74) is 0. The van der Waals surface area contributed by atoms with E-state index in [2.05, 4.69) is 20.9 Å². The van der Waals surface area contributed by atoms with Crippen LogP contribution in [0.15, 0.2) is 22.8 Å². The summed E-state index contributed by atoms with van der Waals surface area (Å²) >= 11 is 3.29. The number of anilines is 1. The van der Waals surface area contributed by atoms with Gasteiger partial charge in [-0.05, 0) is 40.9 Å². The van der Waals surface area contributed by atoms with Gasteiger partial charge >= 0.3 is 0 Å². The molecule has 0 aromatic carbocycles. The van der Waals surface area contributed by atoms with Crippen LogP contribution in [0.25, 0.3) is 0 Å². The molecule has 7 heteroatoms. The molecular weight excluding hydrogens is 356 g/mol. The zero-order valence-electron chi connectivity index (χ0n) is 12.5. The lowest BCUT2D eigenvalue weighted by Crippen LogP contribution is -2.33. The number of hydrogen-bond acceptors (Lipinski definition) is 4. The van der Waals surface area contributed by atoms with Gasteiger partial charge in [0.05, 0.1) is 11.5 Å². The van der Waals surface area contributed by atoms with Gasteiger partial charge in [0.1, 0.15) is 5.82 Å². The molecule has 0 saturated carbocycles. The first-order valence-electron chi connectivity index (χ1n) is 6.87. The van der Waals surface area contributed by atoms with Crippen molar-refractivity contribution in [3.05, 3.63) is 22.8 Å². The van der Waals surface area contributed by atoms with Crippen LogP contribution in [0.3, 0.4) is 0 Å². The molecule has 0 saturated heterocycles. The van der Waals surface area contributed by atoms with E-state index in [-0.39, 0.29) is 29.8 Å². The summed E-state index contributed by atoms with van der Waals surface area (Å²) in [6.07, 6.45) is 1.60. The van der Waals surface area contributed by atoms with Crippen LogP contribution in [0.2, 0.25) is 0 Å². The first-order valence-corrected chi connectivity index (χ1v) is 9.49. The molecule has 0 aliphatic rings. The zero-order chi connectivity index (χ0) is 16.0. The van der Waals surface area contributed by atoms with Gasteiger partial charge in [-0.1, -0.05) is 13.8 Å². The van der Waals surface area contributed by atoms with Gasteiger partial charge in [-0.3, -0.25) is 9.69 Å². The molecular formula is C14H21BrN2O3S. The van der Waals surface area contributed by atoms with Gasteiger partial charge in [0.2, 0.25) is 5.91 Å². The highest BCUT2D eigenvalue weighted by Gasteiger charge is 2.20. The van der Waals surface area contributed by atoms with E-state index in [9.17, 15) is 13.2 Å². The Balaban J connectivity index is 2.70. The van der Waals surface area contributed by atoms with E-state index >= 15 is 0 Å². The molecule has 1 aromatic heterocycles. The molecule has 5 nitrogen and oxygen atoms in total. The number of hydrogen-bond donors (Lipinski definition) is 0. The van der Waals surface area contributed by atoms with Crippen LogP contribution in [-0.4, -0.2) is 37.4 Å². The average molecular weight is 377 g/mol. The second kappa shape index (κ2) is 7.89. The first-order chi connectivity index (χ1) is 9.75. The lowest BCUT2D eigenvalue weighted by Gasteiger charge is -2.20. The summed E-state index contributed by atoms with van der Waals surface area (Å²) in [5, 5.41) is 0. The number of carbonyl (C=O) groups is 1. The molecule has 0 spiro atoms. The highest BCUT2D eigenvalue weighted by atomic mass is 79.9. The van der Waals surface area contributed by atoms with E-state index in [4.69, 9.17) is 0 Å². The Hall–Kier alpha value is -0.950. The van der Waals surface area contributed by atoms with Crippen molar-refractivity contribution in [1.82, 2.24) is 4.98 Å². The summed E-state index contributed by atoms with van der Waals surface area (Å²) in [4.78, 5) is 17.9. The topological polar surface area (TPSA) is 67.3 Å². The zero-order valence-corrected chi connectivity index (χ0v) is 14.9. The van der Waals surface area contributed by atoms with Gasteiger partial charge in [-0.25, -0.2) is 13.4 Å². The molecule has 1 heterocycles. The van der Waals surface area contributed by atoms with Crippen molar-refractivity contribution in [2.75, 3.05) is 23.0 Å². The molecule has 0 N–H and O–H groups in total. The van der Waals surface area contributed by atoms with Crippen LogP contribution in [0.1, 0.15) is 27.2 Å². The molecule has 0 atom stereocenters. The molecule has 0 aliphatic carbocycles. The van der Waals surface area contributed by atoms with E-state index in [1.54, 1.807) is 18.3 Å². The minimum Gasteiger partial charge on any atom is -0.297 e. The Morgan fingerprint density at radius 2 is 2.05 bits per heavy atom. The molecule has 0 bridgehead atoms. The number of pyridine rings is 1. The number of nitrogens with zero attached hydrogens (tertiary/aromatic N) is 2. The molecule has 118 valence electrons. The maximum Gasteiger partial charge on any atom is 0.229 e. The molecule has 1 amide bonds. The van der Waals surface area contributed by atoms with Crippen LogP contribution < -0.4 is 4.90 Å². The van der Waals surface area contributed by atoms with Crippen LogP contribution in [0.4, 0.5) is 5.82 Å². The summed E-state index contributed by atoms with van der Waals surface area (Å²) in [7, 11) is -3.18. The number of amides is 1. The SMILES string of the molecule is CCN(C(=O)CCS(=O)(=O)CC(C)C)c1ccc(Br)cn1. The molecule has 1 rings (SSSR count). The number of sulfone groups is 1. The van der Waals surface area contributed by atoms with E-state index < -0.39 is 9.84 Å². The second-order valence-corrected chi connectivity index (χ2v) is 8.38. The third-order valence-electron chi connectivity index (χ3n) is 2.82. The van der Waals surface area contributed by atoms with Gasteiger partial charge in [0.15, 0.2) is 9.84 Å². The van der Waals surface area contributed by atoms with E-state index in [1.165, 1.54) is 4.90 Å². The normalized spacial score (nSPS) is 11.7. The lowest BCUT2D eigenvalue weighted by molar-refractivity contribution is -0.118. The molecule has 0 aliphatic heterocycles. The largest absolute Gasteiger partial charge is 0.297 e. The Morgan fingerprint density at radius 3 is 2.52 bits per heavy atom. The second-order valence-electron chi connectivity index (χ2n) is 5.23. The number of aromatic nitrogens is 1. The molecule has 0 fully saturated rings. The summed E-state index contributed by atoms with van der Waals surface area (Å²) in [6.45, 7) is 5.99. The van der Waals surface area contributed by atoms with Crippen molar-refractivity contribution in [2.45, 2.75) is 27.2 Å². The fourth-order valence-corrected chi connectivity index (χ4v) is 3.87. The molecule has 0 unspecified atom stereocenters. The minimum absolute atomic E-state index is 0.0133. The summed E-state index contributed by atoms with van der Waals surface area (Å²) in [6, 6.07) is 3.53. The van der Waals surface area contributed by atoms with E-state index in [0.717, 1.165) is 4.47 Å². The molecule has 1 aromatic rings. The van der Waals surface area contributed by atoms with Gasteiger partial charge in [-0.2, -0.15) is 0 Å². The number of halogens is 1.